The molecule has 16 heavy (non-hydrogen) atoms. The molecule has 1 heterocycles. The topological polar surface area (TPSA) is 44.7 Å². The smallest absolute Gasteiger partial charge is 0.0826 e. The molecule has 2 rings (SSSR count). The SMILES string of the molecule is CC(C)(O)CNCC1CN(C2CC2)CCO1. The van der Waals surface area contributed by atoms with E-state index in [4.69, 9.17) is 4.74 Å². The van der Waals surface area contributed by atoms with Crippen molar-refractivity contribution in [2.24, 2.45) is 0 Å². The molecule has 0 radical (unpaired) electrons. The lowest BCUT2D eigenvalue weighted by molar-refractivity contribution is -0.0323. The van der Waals surface area contributed by atoms with Crippen molar-refractivity contribution in [3.63, 3.8) is 0 Å². The van der Waals surface area contributed by atoms with Crippen molar-refractivity contribution in [3.8, 4) is 0 Å². The van der Waals surface area contributed by atoms with Crippen LogP contribution in [0.1, 0.15) is 26.7 Å². The summed E-state index contributed by atoms with van der Waals surface area (Å²) in [6.07, 6.45) is 3.02. The van der Waals surface area contributed by atoms with Crippen LogP contribution in [0.4, 0.5) is 0 Å². The minimum Gasteiger partial charge on any atom is -0.389 e. The van der Waals surface area contributed by atoms with Gasteiger partial charge >= 0.3 is 0 Å². The third kappa shape index (κ3) is 4.01. The van der Waals surface area contributed by atoms with Gasteiger partial charge < -0.3 is 15.2 Å². The van der Waals surface area contributed by atoms with Gasteiger partial charge in [-0.3, -0.25) is 4.90 Å². The third-order valence-corrected chi connectivity index (χ3v) is 3.16. The van der Waals surface area contributed by atoms with E-state index in [0.29, 0.717) is 6.54 Å². The van der Waals surface area contributed by atoms with Gasteiger partial charge in [0.05, 0.1) is 18.3 Å². The first-order valence-corrected chi connectivity index (χ1v) is 6.33. The minimum atomic E-state index is -0.634. The first-order valence-electron chi connectivity index (χ1n) is 6.33. The van der Waals surface area contributed by atoms with E-state index < -0.39 is 5.60 Å². The fourth-order valence-corrected chi connectivity index (χ4v) is 2.18. The Morgan fingerprint density at radius 2 is 2.19 bits per heavy atom. The predicted molar refractivity (Wildman–Crippen MR) is 63.5 cm³/mol. The van der Waals surface area contributed by atoms with Gasteiger partial charge in [-0.1, -0.05) is 0 Å². The fourth-order valence-electron chi connectivity index (χ4n) is 2.18. The Kier molecular flexibility index (Phi) is 3.85. The molecule has 0 aromatic rings. The van der Waals surface area contributed by atoms with Crippen LogP contribution in [0.3, 0.4) is 0 Å². The van der Waals surface area contributed by atoms with Crippen molar-refractivity contribution in [3.05, 3.63) is 0 Å². The van der Waals surface area contributed by atoms with Crippen molar-refractivity contribution in [1.82, 2.24) is 10.2 Å². The van der Waals surface area contributed by atoms with Crippen molar-refractivity contribution in [1.29, 1.82) is 0 Å². The van der Waals surface area contributed by atoms with Crippen LogP contribution in [0.5, 0.6) is 0 Å². The number of rotatable bonds is 5. The number of aliphatic hydroxyl groups is 1. The van der Waals surface area contributed by atoms with E-state index in [1.165, 1.54) is 12.8 Å². The molecule has 0 spiro atoms. The average Bonchev–Trinajstić information content (AvgIpc) is 2.99. The van der Waals surface area contributed by atoms with Gasteiger partial charge in [-0.25, -0.2) is 0 Å². The summed E-state index contributed by atoms with van der Waals surface area (Å²) in [5.41, 5.74) is -0.634. The standard InChI is InChI=1S/C12H24N2O2/c1-12(2,15)9-13-7-11-8-14(5-6-16-11)10-3-4-10/h10-11,13,15H,3-9H2,1-2H3. The van der Waals surface area contributed by atoms with Crippen molar-refractivity contribution in [2.75, 3.05) is 32.8 Å². The van der Waals surface area contributed by atoms with Gasteiger partial charge in [-0.05, 0) is 26.7 Å². The predicted octanol–water partition coefficient (Wildman–Crippen LogP) is 0.210. The molecule has 2 N–H and O–H groups in total. The van der Waals surface area contributed by atoms with Gasteiger partial charge in [-0.15, -0.1) is 0 Å². The molecule has 1 unspecified atom stereocenters. The monoisotopic (exact) mass is 228 g/mol. The summed E-state index contributed by atoms with van der Waals surface area (Å²) >= 11 is 0. The van der Waals surface area contributed by atoms with Crippen LogP contribution in [0.25, 0.3) is 0 Å². The van der Waals surface area contributed by atoms with Crippen LogP contribution in [-0.2, 0) is 4.74 Å². The van der Waals surface area contributed by atoms with Gasteiger partial charge in [0.1, 0.15) is 0 Å². The summed E-state index contributed by atoms with van der Waals surface area (Å²) in [6.45, 7) is 8.08. The molecule has 1 aliphatic heterocycles. The Bertz CT molecular complexity index is 224. The highest BCUT2D eigenvalue weighted by molar-refractivity contribution is 4.88. The second-order valence-corrected chi connectivity index (χ2v) is 5.66. The van der Waals surface area contributed by atoms with Crippen molar-refractivity contribution < 1.29 is 9.84 Å². The summed E-state index contributed by atoms with van der Waals surface area (Å²) in [5, 5.41) is 12.9. The maximum absolute atomic E-state index is 9.58. The zero-order valence-corrected chi connectivity index (χ0v) is 10.4. The number of ether oxygens (including phenoxy) is 1. The van der Waals surface area contributed by atoms with Gasteiger partial charge in [0.25, 0.3) is 0 Å². The number of nitrogens with zero attached hydrogens (tertiary/aromatic N) is 1. The van der Waals surface area contributed by atoms with Crippen LogP contribution in [0, 0.1) is 0 Å². The normalized spacial score (nSPS) is 28.3. The quantitative estimate of drug-likeness (QED) is 0.706. The van der Waals surface area contributed by atoms with E-state index in [2.05, 4.69) is 10.2 Å². The molecule has 94 valence electrons. The van der Waals surface area contributed by atoms with Crippen LogP contribution >= 0.6 is 0 Å². The molecule has 1 saturated carbocycles. The lowest BCUT2D eigenvalue weighted by Gasteiger charge is -2.33. The van der Waals surface area contributed by atoms with Crippen LogP contribution in [0.2, 0.25) is 0 Å². The van der Waals surface area contributed by atoms with E-state index in [9.17, 15) is 5.11 Å². The third-order valence-electron chi connectivity index (χ3n) is 3.16. The molecule has 0 aromatic carbocycles. The molecule has 2 aliphatic rings. The molecule has 1 atom stereocenters. The largest absolute Gasteiger partial charge is 0.389 e. The molecule has 2 fully saturated rings. The first-order chi connectivity index (χ1) is 7.54. The summed E-state index contributed by atoms with van der Waals surface area (Å²) < 4.78 is 5.72. The molecule has 0 bridgehead atoms. The highest BCUT2D eigenvalue weighted by Gasteiger charge is 2.32. The summed E-state index contributed by atoms with van der Waals surface area (Å²) in [4.78, 5) is 2.54. The summed E-state index contributed by atoms with van der Waals surface area (Å²) in [5.74, 6) is 0. The zero-order valence-electron chi connectivity index (χ0n) is 10.4. The number of hydrogen-bond donors (Lipinski definition) is 2. The van der Waals surface area contributed by atoms with Gasteiger partial charge in [0.2, 0.25) is 0 Å². The first kappa shape index (κ1) is 12.3. The Labute approximate surface area is 98.0 Å². The Hall–Kier alpha value is -0.160. The van der Waals surface area contributed by atoms with Crippen LogP contribution in [-0.4, -0.2) is 60.5 Å². The van der Waals surface area contributed by atoms with Crippen LogP contribution < -0.4 is 5.32 Å². The molecular weight excluding hydrogens is 204 g/mol. The van der Waals surface area contributed by atoms with Gasteiger partial charge in [-0.2, -0.15) is 0 Å². The van der Waals surface area contributed by atoms with E-state index in [1.807, 2.05) is 13.8 Å². The van der Waals surface area contributed by atoms with Gasteiger partial charge in [0, 0.05) is 32.2 Å². The van der Waals surface area contributed by atoms with E-state index in [0.717, 1.165) is 32.3 Å². The van der Waals surface area contributed by atoms with Gasteiger partial charge in [0.15, 0.2) is 0 Å². The second-order valence-electron chi connectivity index (χ2n) is 5.66. The number of nitrogens with one attached hydrogen (secondary N) is 1. The second kappa shape index (κ2) is 5.00. The molecular formula is C12H24N2O2. The number of hydrogen-bond acceptors (Lipinski definition) is 4. The summed E-state index contributed by atoms with van der Waals surface area (Å²) in [7, 11) is 0. The molecule has 0 amide bonds. The van der Waals surface area contributed by atoms with E-state index in [1.54, 1.807) is 0 Å². The Morgan fingerprint density at radius 3 is 2.81 bits per heavy atom. The summed E-state index contributed by atoms with van der Waals surface area (Å²) in [6, 6.07) is 0.834. The highest BCUT2D eigenvalue weighted by atomic mass is 16.5. The molecule has 0 aromatic heterocycles. The van der Waals surface area contributed by atoms with Crippen molar-refractivity contribution in [2.45, 2.75) is 44.4 Å². The Balaban J connectivity index is 1.65. The molecule has 1 aliphatic carbocycles. The fraction of sp³-hybridized carbons (Fsp3) is 1.00. The number of morpholine rings is 1. The minimum absolute atomic E-state index is 0.289. The Morgan fingerprint density at radius 1 is 1.44 bits per heavy atom. The lowest BCUT2D eigenvalue weighted by atomic mass is 10.1. The highest BCUT2D eigenvalue weighted by Crippen LogP contribution is 2.28. The maximum Gasteiger partial charge on any atom is 0.0826 e. The van der Waals surface area contributed by atoms with E-state index >= 15 is 0 Å². The van der Waals surface area contributed by atoms with E-state index in [-0.39, 0.29) is 6.10 Å². The van der Waals surface area contributed by atoms with Crippen LogP contribution in [0.15, 0.2) is 0 Å². The lowest BCUT2D eigenvalue weighted by Crippen LogP contribution is -2.49. The molecule has 4 heteroatoms. The molecule has 1 saturated heterocycles. The zero-order chi connectivity index (χ0) is 11.6. The maximum atomic E-state index is 9.58. The van der Waals surface area contributed by atoms with Crippen molar-refractivity contribution >= 4 is 0 Å². The molecule has 4 nitrogen and oxygen atoms in total. The average molecular weight is 228 g/mol.